The Kier molecular flexibility index (Phi) is 7.61. The van der Waals surface area contributed by atoms with E-state index in [0.29, 0.717) is 6.29 Å². The van der Waals surface area contributed by atoms with E-state index in [2.05, 4.69) is 5.32 Å². The molecule has 0 saturated heterocycles. The van der Waals surface area contributed by atoms with Crippen molar-refractivity contribution in [2.75, 3.05) is 6.54 Å². The van der Waals surface area contributed by atoms with Gasteiger partial charge >= 0.3 is 6.09 Å². The molecule has 0 spiro atoms. The SMILES string of the molecule is O=Cc1cc(C(O)C(O)CCNC(=O)OCc2ccccc2)ccc1[N+](=O)[O-]. The van der Waals surface area contributed by atoms with Gasteiger partial charge in [0.25, 0.3) is 5.69 Å². The third-order valence-electron chi connectivity index (χ3n) is 4.00. The summed E-state index contributed by atoms with van der Waals surface area (Å²) in [6, 6.07) is 12.6. The Hall–Kier alpha value is -3.30. The highest BCUT2D eigenvalue weighted by atomic mass is 16.6. The minimum absolute atomic E-state index is 0.00894. The number of nitro groups is 1. The van der Waals surface area contributed by atoms with Crippen LogP contribution in [-0.2, 0) is 11.3 Å². The molecule has 1 amide bonds. The maximum atomic E-state index is 11.6. The molecule has 2 aromatic rings. The van der Waals surface area contributed by atoms with Gasteiger partial charge in [-0.15, -0.1) is 0 Å². The number of benzene rings is 2. The molecule has 2 aromatic carbocycles. The van der Waals surface area contributed by atoms with Gasteiger partial charge in [0.2, 0.25) is 0 Å². The standard InChI is InChI=1S/C19H20N2O7/c22-11-15-10-14(6-7-16(15)21(26)27)18(24)17(23)8-9-20-19(25)28-12-13-4-2-1-3-5-13/h1-7,10-11,17-18,23-24H,8-9,12H2,(H,20,25). The number of aldehydes is 1. The van der Waals surface area contributed by atoms with Crippen LogP contribution in [0.3, 0.4) is 0 Å². The highest BCUT2D eigenvalue weighted by molar-refractivity contribution is 5.81. The van der Waals surface area contributed by atoms with E-state index in [1.165, 1.54) is 6.07 Å². The molecule has 0 aromatic heterocycles. The van der Waals surface area contributed by atoms with E-state index in [-0.39, 0.29) is 36.4 Å². The van der Waals surface area contributed by atoms with E-state index in [4.69, 9.17) is 4.74 Å². The van der Waals surface area contributed by atoms with Gasteiger partial charge in [-0.1, -0.05) is 30.3 Å². The summed E-state index contributed by atoms with van der Waals surface area (Å²) in [5, 5.41) is 33.5. The molecule has 148 valence electrons. The van der Waals surface area contributed by atoms with E-state index >= 15 is 0 Å². The second kappa shape index (κ2) is 10.1. The van der Waals surface area contributed by atoms with Gasteiger partial charge in [-0.2, -0.15) is 0 Å². The topological polar surface area (TPSA) is 139 Å². The molecule has 2 atom stereocenters. The van der Waals surface area contributed by atoms with Gasteiger partial charge in [0.1, 0.15) is 12.7 Å². The lowest BCUT2D eigenvalue weighted by molar-refractivity contribution is -0.385. The Balaban J connectivity index is 1.82. The average Bonchev–Trinajstić information content (AvgIpc) is 2.71. The molecule has 3 N–H and O–H groups in total. The molecule has 0 radical (unpaired) electrons. The normalized spacial score (nSPS) is 12.6. The molecule has 28 heavy (non-hydrogen) atoms. The zero-order valence-corrected chi connectivity index (χ0v) is 14.9. The Morgan fingerprint density at radius 2 is 1.93 bits per heavy atom. The van der Waals surface area contributed by atoms with Gasteiger partial charge in [-0.05, 0) is 29.7 Å². The molecule has 0 bridgehead atoms. The first kappa shape index (κ1) is 21.0. The second-order valence-corrected chi connectivity index (χ2v) is 5.98. The summed E-state index contributed by atoms with van der Waals surface area (Å²) in [5.74, 6) is 0. The van der Waals surface area contributed by atoms with Crippen molar-refractivity contribution in [2.45, 2.75) is 25.2 Å². The monoisotopic (exact) mass is 388 g/mol. The summed E-state index contributed by atoms with van der Waals surface area (Å²) in [4.78, 5) is 32.7. The van der Waals surface area contributed by atoms with Gasteiger partial charge < -0.3 is 20.3 Å². The van der Waals surface area contributed by atoms with Crippen molar-refractivity contribution in [3.05, 3.63) is 75.3 Å². The zero-order valence-electron chi connectivity index (χ0n) is 14.9. The number of hydrogen-bond acceptors (Lipinski definition) is 7. The largest absolute Gasteiger partial charge is 0.445 e. The summed E-state index contributed by atoms with van der Waals surface area (Å²) in [5.41, 5.74) is 0.406. The first-order valence-electron chi connectivity index (χ1n) is 8.46. The number of rotatable bonds is 9. The summed E-state index contributed by atoms with van der Waals surface area (Å²) in [6.45, 7) is 0.147. The third kappa shape index (κ3) is 5.86. The highest BCUT2D eigenvalue weighted by Crippen LogP contribution is 2.24. The highest BCUT2D eigenvalue weighted by Gasteiger charge is 2.22. The van der Waals surface area contributed by atoms with Crippen LogP contribution in [0.4, 0.5) is 10.5 Å². The smallest absolute Gasteiger partial charge is 0.407 e. The maximum Gasteiger partial charge on any atom is 0.407 e. The van der Waals surface area contributed by atoms with E-state index in [9.17, 15) is 29.9 Å². The Morgan fingerprint density at radius 3 is 2.57 bits per heavy atom. The van der Waals surface area contributed by atoms with E-state index in [0.717, 1.165) is 17.7 Å². The predicted octanol–water partition coefficient (Wildman–Crippen LogP) is 2.12. The maximum absolute atomic E-state index is 11.6. The van der Waals surface area contributed by atoms with Crippen LogP contribution >= 0.6 is 0 Å². The molecule has 2 unspecified atom stereocenters. The summed E-state index contributed by atoms with van der Waals surface area (Å²) >= 11 is 0. The summed E-state index contributed by atoms with van der Waals surface area (Å²) in [6.07, 6.45) is -2.97. The van der Waals surface area contributed by atoms with Gasteiger partial charge in [-0.25, -0.2) is 4.79 Å². The van der Waals surface area contributed by atoms with E-state index < -0.39 is 23.2 Å². The number of nitrogens with zero attached hydrogens (tertiary/aromatic N) is 1. The fourth-order valence-electron chi connectivity index (χ4n) is 2.49. The fourth-order valence-corrected chi connectivity index (χ4v) is 2.49. The first-order valence-corrected chi connectivity index (χ1v) is 8.46. The second-order valence-electron chi connectivity index (χ2n) is 5.98. The van der Waals surface area contributed by atoms with Crippen LogP contribution in [0.15, 0.2) is 48.5 Å². The van der Waals surface area contributed by atoms with Crippen molar-refractivity contribution in [1.82, 2.24) is 5.32 Å². The molecule has 0 heterocycles. The van der Waals surface area contributed by atoms with Crippen LogP contribution in [0.1, 0.15) is 34.0 Å². The van der Waals surface area contributed by atoms with Crippen molar-refractivity contribution in [2.24, 2.45) is 0 Å². The first-order chi connectivity index (χ1) is 13.4. The molecule has 9 nitrogen and oxygen atoms in total. The molecule has 0 aliphatic carbocycles. The lowest BCUT2D eigenvalue weighted by Gasteiger charge is -2.18. The van der Waals surface area contributed by atoms with Crippen LogP contribution in [-0.4, -0.2) is 40.2 Å². The molecule has 2 rings (SSSR count). The van der Waals surface area contributed by atoms with Crippen LogP contribution in [0, 0.1) is 10.1 Å². The average molecular weight is 388 g/mol. The number of ether oxygens (including phenoxy) is 1. The molecule has 0 aliphatic rings. The number of carbonyl (C=O) groups is 2. The number of alkyl carbamates (subject to hydrolysis) is 1. The van der Waals surface area contributed by atoms with Crippen molar-refractivity contribution in [1.29, 1.82) is 0 Å². The minimum Gasteiger partial charge on any atom is -0.445 e. The predicted molar refractivity (Wildman–Crippen MR) is 98.7 cm³/mol. The quantitative estimate of drug-likeness (QED) is 0.340. The number of carbonyl (C=O) groups excluding carboxylic acids is 2. The molecule has 0 fully saturated rings. The van der Waals surface area contributed by atoms with Crippen molar-refractivity contribution >= 4 is 18.1 Å². The molecule has 9 heteroatoms. The minimum atomic E-state index is -1.37. The summed E-state index contributed by atoms with van der Waals surface area (Å²) in [7, 11) is 0. The summed E-state index contributed by atoms with van der Waals surface area (Å²) < 4.78 is 5.02. The van der Waals surface area contributed by atoms with Crippen molar-refractivity contribution < 1.29 is 29.5 Å². The van der Waals surface area contributed by atoms with E-state index in [1.807, 2.05) is 30.3 Å². The number of hydrogen-bond donors (Lipinski definition) is 3. The van der Waals surface area contributed by atoms with Crippen LogP contribution in [0.2, 0.25) is 0 Å². The fraction of sp³-hybridized carbons (Fsp3) is 0.263. The van der Waals surface area contributed by atoms with Crippen molar-refractivity contribution in [3.8, 4) is 0 Å². The Morgan fingerprint density at radius 1 is 1.21 bits per heavy atom. The lowest BCUT2D eigenvalue weighted by atomic mass is 9.99. The van der Waals surface area contributed by atoms with Gasteiger partial charge in [0.15, 0.2) is 6.29 Å². The van der Waals surface area contributed by atoms with Crippen LogP contribution < -0.4 is 5.32 Å². The zero-order chi connectivity index (χ0) is 20.5. The van der Waals surface area contributed by atoms with E-state index in [1.54, 1.807) is 0 Å². The van der Waals surface area contributed by atoms with Gasteiger partial charge in [0, 0.05) is 12.6 Å². The number of nitrogens with one attached hydrogen (secondary N) is 1. The lowest BCUT2D eigenvalue weighted by Crippen LogP contribution is -2.29. The number of aliphatic hydroxyl groups excluding tert-OH is 2. The van der Waals surface area contributed by atoms with Crippen molar-refractivity contribution in [3.63, 3.8) is 0 Å². The van der Waals surface area contributed by atoms with Gasteiger partial charge in [-0.3, -0.25) is 14.9 Å². The van der Waals surface area contributed by atoms with Crippen LogP contribution in [0.5, 0.6) is 0 Å². The van der Waals surface area contributed by atoms with Crippen LogP contribution in [0.25, 0.3) is 0 Å². The van der Waals surface area contributed by atoms with Gasteiger partial charge in [0.05, 0.1) is 16.6 Å². The Labute approximate surface area is 160 Å². The number of nitro benzene ring substituents is 1. The Bertz CT molecular complexity index is 826. The molecule has 0 saturated carbocycles. The third-order valence-corrected chi connectivity index (χ3v) is 4.00. The molecule has 0 aliphatic heterocycles. The number of aliphatic hydroxyl groups is 2. The molecular weight excluding hydrogens is 368 g/mol. The number of amides is 1. The molecular formula is C19H20N2O7.